The summed E-state index contributed by atoms with van der Waals surface area (Å²) in [6.45, 7) is 8.83. The summed E-state index contributed by atoms with van der Waals surface area (Å²) in [5.74, 6) is -0.126. The van der Waals surface area contributed by atoms with Crippen molar-refractivity contribution >= 4 is 12.0 Å². The molecule has 3 rings (SSSR count). The highest BCUT2D eigenvalue weighted by Crippen LogP contribution is 2.37. The number of benzene rings is 1. The Bertz CT molecular complexity index is 820. The number of halogens is 1. The summed E-state index contributed by atoms with van der Waals surface area (Å²) in [5, 5.41) is 10.1. The summed E-state index contributed by atoms with van der Waals surface area (Å²) in [4.78, 5) is 31.2. The van der Waals surface area contributed by atoms with Crippen molar-refractivity contribution in [2.45, 2.75) is 90.1 Å². The molecule has 1 aromatic rings. The fourth-order valence-electron chi connectivity index (χ4n) is 5.82. The van der Waals surface area contributed by atoms with E-state index in [2.05, 4.69) is 36.2 Å². The van der Waals surface area contributed by atoms with Crippen LogP contribution in [0, 0.1) is 11.8 Å². The minimum absolute atomic E-state index is 0.0661. The van der Waals surface area contributed by atoms with Crippen molar-refractivity contribution in [3.8, 4) is 0 Å². The average Bonchev–Trinajstić information content (AvgIpc) is 3.22. The van der Waals surface area contributed by atoms with Gasteiger partial charge in [0.1, 0.15) is 12.2 Å². The predicted molar refractivity (Wildman–Crippen MR) is 132 cm³/mol. The molecule has 34 heavy (non-hydrogen) atoms. The van der Waals surface area contributed by atoms with E-state index in [0.717, 1.165) is 32.2 Å². The van der Waals surface area contributed by atoms with Gasteiger partial charge in [-0.2, -0.15) is 0 Å². The maximum absolute atomic E-state index is 13.9. The zero-order valence-corrected chi connectivity index (χ0v) is 21.4. The van der Waals surface area contributed by atoms with Gasteiger partial charge in [0.2, 0.25) is 5.91 Å². The molecule has 0 aromatic heterocycles. The summed E-state index contributed by atoms with van der Waals surface area (Å²) < 4.78 is 13.9. The molecule has 1 aliphatic heterocycles. The summed E-state index contributed by atoms with van der Waals surface area (Å²) in [6.07, 6.45) is 2.18. The minimum Gasteiger partial charge on any atom is -0.465 e. The molecule has 1 heterocycles. The quantitative estimate of drug-likeness (QED) is 0.601. The van der Waals surface area contributed by atoms with E-state index >= 15 is 0 Å². The molecule has 7 heteroatoms. The van der Waals surface area contributed by atoms with Gasteiger partial charge in [-0.3, -0.25) is 14.6 Å². The molecule has 2 amide bonds. The first-order chi connectivity index (χ1) is 16.0. The van der Waals surface area contributed by atoms with Crippen LogP contribution in [0.2, 0.25) is 0 Å². The van der Waals surface area contributed by atoms with Crippen LogP contribution in [-0.2, 0) is 11.3 Å². The van der Waals surface area contributed by atoms with Crippen LogP contribution in [0.25, 0.3) is 0 Å². The van der Waals surface area contributed by atoms with Crippen molar-refractivity contribution in [2.75, 3.05) is 20.1 Å². The molecule has 1 saturated heterocycles. The van der Waals surface area contributed by atoms with Gasteiger partial charge in [0.25, 0.3) is 0 Å². The molecule has 0 radical (unpaired) electrons. The van der Waals surface area contributed by atoms with Crippen molar-refractivity contribution in [1.29, 1.82) is 0 Å². The molecule has 1 aliphatic carbocycles. The van der Waals surface area contributed by atoms with Gasteiger partial charge in [-0.1, -0.05) is 37.3 Å². The molecule has 1 aromatic carbocycles. The minimum atomic E-state index is -1.09. The standard InChI is InChI=1S/C27H42FN3O3/c1-19(21-11-13-23(14-12-21)29(5)17-20-9-7-6-8-10-20)24(31(26(33)34)27(2,3)4)25(32)30-16-15-22(28)18-30/h6-10,19,21-24H,11-18H2,1-5H3,(H,33,34)/t19-,21?,22-,23?,24-/m0/s1. The Kier molecular flexibility index (Phi) is 8.61. The fourth-order valence-corrected chi connectivity index (χ4v) is 5.82. The van der Waals surface area contributed by atoms with Gasteiger partial charge in [0.15, 0.2) is 0 Å². The highest BCUT2D eigenvalue weighted by molar-refractivity contribution is 5.86. The zero-order valence-electron chi connectivity index (χ0n) is 21.4. The molecule has 2 aliphatic rings. The Morgan fingerprint density at radius 1 is 1.12 bits per heavy atom. The number of alkyl halides is 1. The smallest absolute Gasteiger partial charge is 0.408 e. The van der Waals surface area contributed by atoms with E-state index in [-0.39, 0.29) is 24.3 Å². The van der Waals surface area contributed by atoms with E-state index in [9.17, 15) is 19.1 Å². The summed E-state index contributed by atoms with van der Waals surface area (Å²) in [6, 6.07) is 10.1. The Balaban J connectivity index is 1.71. The van der Waals surface area contributed by atoms with E-state index in [1.165, 1.54) is 15.4 Å². The summed E-state index contributed by atoms with van der Waals surface area (Å²) in [5.41, 5.74) is 0.563. The van der Waals surface area contributed by atoms with Crippen molar-refractivity contribution < 1.29 is 19.1 Å². The molecule has 1 N–H and O–H groups in total. The lowest BCUT2D eigenvalue weighted by molar-refractivity contribution is -0.140. The van der Waals surface area contributed by atoms with Gasteiger partial charge in [0.05, 0.1) is 6.54 Å². The molecule has 0 unspecified atom stereocenters. The molecule has 0 spiro atoms. The lowest BCUT2D eigenvalue weighted by Gasteiger charge is -2.46. The number of hydrogen-bond donors (Lipinski definition) is 1. The zero-order chi connectivity index (χ0) is 25.0. The fraction of sp³-hybridized carbons (Fsp3) is 0.704. The first kappa shape index (κ1) is 26.5. The van der Waals surface area contributed by atoms with Gasteiger partial charge >= 0.3 is 6.09 Å². The SMILES string of the molecule is C[C@@H](C1CCC(N(C)Cc2ccccc2)CC1)[C@@H](C(=O)N1CC[C@H](F)C1)N(C(=O)O)C(C)(C)C. The second-order valence-corrected chi connectivity index (χ2v) is 11.3. The highest BCUT2D eigenvalue weighted by atomic mass is 19.1. The number of carbonyl (C=O) groups is 2. The van der Waals surface area contributed by atoms with Crippen molar-refractivity contribution in [3.63, 3.8) is 0 Å². The van der Waals surface area contributed by atoms with Crippen LogP contribution in [0.5, 0.6) is 0 Å². The first-order valence-electron chi connectivity index (χ1n) is 12.7. The highest BCUT2D eigenvalue weighted by Gasteiger charge is 2.46. The first-order valence-corrected chi connectivity index (χ1v) is 12.7. The van der Waals surface area contributed by atoms with Crippen LogP contribution in [0.1, 0.15) is 65.4 Å². The van der Waals surface area contributed by atoms with Crippen molar-refractivity contribution in [2.24, 2.45) is 11.8 Å². The second kappa shape index (κ2) is 11.1. The Morgan fingerprint density at radius 2 is 1.74 bits per heavy atom. The van der Waals surface area contributed by atoms with E-state index in [0.29, 0.717) is 19.0 Å². The molecule has 1 saturated carbocycles. The van der Waals surface area contributed by atoms with Crippen LogP contribution in [0.3, 0.4) is 0 Å². The van der Waals surface area contributed by atoms with Gasteiger partial charge in [-0.05, 0) is 77.3 Å². The topological polar surface area (TPSA) is 64.1 Å². The van der Waals surface area contributed by atoms with Crippen LogP contribution in [0.15, 0.2) is 30.3 Å². The molecule has 6 nitrogen and oxygen atoms in total. The number of rotatable bonds is 7. The van der Waals surface area contributed by atoms with Gasteiger partial charge in [0, 0.05) is 24.7 Å². The van der Waals surface area contributed by atoms with E-state index in [1.54, 1.807) is 0 Å². The van der Waals surface area contributed by atoms with Crippen LogP contribution in [-0.4, -0.2) is 75.7 Å². The maximum atomic E-state index is 13.9. The molecular formula is C27H42FN3O3. The number of likely N-dealkylation sites (tertiary alicyclic amines) is 1. The second-order valence-electron chi connectivity index (χ2n) is 11.3. The van der Waals surface area contributed by atoms with Crippen LogP contribution in [0.4, 0.5) is 9.18 Å². The summed E-state index contributed by atoms with van der Waals surface area (Å²) >= 11 is 0. The Morgan fingerprint density at radius 3 is 2.24 bits per heavy atom. The molecular weight excluding hydrogens is 433 g/mol. The van der Waals surface area contributed by atoms with E-state index < -0.39 is 23.8 Å². The molecule has 190 valence electrons. The van der Waals surface area contributed by atoms with E-state index in [1.807, 2.05) is 33.8 Å². The molecule has 2 fully saturated rings. The monoisotopic (exact) mass is 475 g/mol. The van der Waals surface area contributed by atoms with Crippen LogP contribution < -0.4 is 0 Å². The van der Waals surface area contributed by atoms with Gasteiger partial charge in [-0.15, -0.1) is 0 Å². The number of nitrogens with zero attached hydrogens (tertiary/aromatic N) is 3. The lowest BCUT2D eigenvalue weighted by atomic mass is 9.74. The molecule has 3 atom stereocenters. The number of carboxylic acid groups (broad SMARTS) is 1. The van der Waals surface area contributed by atoms with Crippen molar-refractivity contribution in [1.82, 2.24) is 14.7 Å². The third kappa shape index (κ3) is 6.29. The number of carbonyl (C=O) groups excluding carboxylic acids is 1. The number of hydrogen-bond acceptors (Lipinski definition) is 3. The van der Waals surface area contributed by atoms with Crippen molar-refractivity contribution in [3.05, 3.63) is 35.9 Å². The molecule has 0 bridgehead atoms. The third-order valence-corrected chi connectivity index (χ3v) is 7.78. The lowest BCUT2D eigenvalue weighted by Crippen LogP contribution is -2.60. The maximum Gasteiger partial charge on any atom is 0.408 e. The van der Waals surface area contributed by atoms with Gasteiger partial charge in [-0.25, -0.2) is 9.18 Å². The third-order valence-electron chi connectivity index (χ3n) is 7.78. The van der Waals surface area contributed by atoms with Gasteiger partial charge < -0.3 is 10.0 Å². The normalized spacial score (nSPS) is 25.3. The Labute approximate surface area is 204 Å². The van der Waals surface area contributed by atoms with Crippen LogP contribution >= 0.6 is 0 Å². The average molecular weight is 476 g/mol. The summed E-state index contributed by atoms with van der Waals surface area (Å²) in [7, 11) is 2.17. The largest absolute Gasteiger partial charge is 0.465 e. The number of amides is 2. The van der Waals surface area contributed by atoms with E-state index in [4.69, 9.17) is 0 Å². The Hall–Kier alpha value is -2.15. The predicted octanol–water partition coefficient (Wildman–Crippen LogP) is 5.03.